The molecule has 1 radical (unpaired) electrons. The topological polar surface area (TPSA) is 12.9 Å². The molecule has 1 aliphatic rings. The van der Waals surface area contributed by atoms with Crippen LogP contribution in [0.15, 0.2) is 72.8 Å². The molecule has 125 valence electrons. The second-order valence-corrected chi connectivity index (χ2v) is 7.40. The normalized spacial score (nSPS) is 11.5. The molecule has 1 nitrogen and oxygen atoms in total. The number of pyridine rings is 1. The van der Waals surface area contributed by atoms with Crippen molar-refractivity contribution in [1.82, 2.24) is 4.98 Å². The summed E-state index contributed by atoms with van der Waals surface area (Å²) in [6.45, 7) is 0. The summed E-state index contributed by atoms with van der Waals surface area (Å²) in [7, 11) is 0. The van der Waals surface area contributed by atoms with Crippen LogP contribution in [0.3, 0.4) is 0 Å². The molecule has 0 amide bonds. The Morgan fingerprint density at radius 2 is 1.46 bits per heavy atom. The second-order valence-electron chi connectivity index (χ2n) is 6.35. The minimum absolute atomic E-state index is 0. The van der Waals surface area contributed by atoms with Crippen molar-refractivity contribution in [2.45, 2.75) is 0 Å². The fourth-order valence-electron chi connectivity index (χ4n) is 3.83. The summed E-state index contributed by atoms with van der Waals surface area (Å²) in [5.74, 6) is 0. The molecule has 0 aliphatic heterocycles. The van der Waals surface area contributed by atoms with Crippen LogP contribution in [0.5, 0.6) is 0 Å². The van der Waals surface area contributed by atoms with E-state index in [9.17, 15) is 0 Å². The molecule has 2 heterocycles. The van der Waals surface area contributed by atoms with Crippen molar-refractivity contribution in [3.8, 4) is 32.8 Å². The molecule has 6 rings (SSSR count). The van der Waals surface area contributed by atoms with E-state index in [1.165, 1.54) is 32.3 Å². The molecule has 26 heavy (non-hydrogen) atoms. The number of hydrogen-bond acceptors (Lipinski definition) is 2. The van der Waals surface area contributed by atoms with Gasteiger partial charge in [-0.2, -0.15) is 0 Å². The third kappa shape index (κ3) is 2.15. The molecule has 0 fully saturated rings. The van der Waals surface area contributed by atoms with Crippen LogP contribution in [0, 0.1) is 6.07 Å². The number of nitrogens with zero attached hydrogens (tertiary/aromatic N) is 1. The molecular formula is C23H12IrNS-. The maximum Gasteiger partial charge on any atom is 0.0608 e. The van der Waals surface area contributed by atoms with Crippen LogP contribution in [0.2, 0.25) is 0 Å². The minimum Gasteiger partial charge on any atom is -0.295 e. The van der Waals surface area contributed by atoms with Crippen molar-refractivity contribution in [1.29, 1.82) is 0 Å². The van der Waals surface area contributed by atoms with E-state index in [4.69, 9.17) is 4.98 Å². The van der Waals surface area contributed by atoms with Crippen LogP contribution in [0.4, 0.5) is 0 Å². The van der Waals surface area contributed by atoms with E-state index in [1.807, 2.05) is 0 Å². The molecular weight excluding hydrogens is 515 g/mol. The average molecular weight is 527 g/mol. The fraction of sp³-hybridized carbons (Fsp3) is 0. The third-order valence-corrected chi connectivity index (χ3v) is 6.01. The van der Waals surface area contributed by atoms with Crippen LogP contribution in [0.1, 0.15) is 0 Å². The zero-order valence-electron chi connectivity index (χ0n) is 13.6. The van der Waals surface area contributed by atoms with E-state index >= 15 is 0 Å². The van der Waals surface area contributed by atoms with Gasteiger partial charge in [-0.25, -0.2) is 11.3 Å². The zero-order valence-corrected chi connectivity index (χ0v) is 16.8. The van der Waals surface area contributed by atoms with Gasteiger partial charge in [0.1, 0.15) is 0 Å². The van der Waals surface area contributed by atoms with Gasteiger partial charge in [-0.15, -0.1) is 23.6 Å². The summed E-state index contributed by atoms with van der Waals surface area (Å²) < 4.78 is 1.25. The summed E-state index contributed by atoms with van der Waals surface area (Å²) in [5.41, 5.74) is 7.27. The van der Waals surface area contributed by atoms with Crippen molar-refractivity contribution >= 4 is 32.3 Å². The Morgan fingerprint density at radius 1 is 0.731 bits per heavy atom. The van der Waals surface area contributed by atoms with Crippen molar-refractivity contribution in [3.63, 3.8) is 0 Å². The summed E-state index contributed by atoms with van der Waals surface area (Å²) in [4.78, 5) is 6.07. The smallest absolute Gasteiger partial charge is 0.0608 e. The first-order valence-electron chi connectivity index (χ1n) is 8.33. The fourth-order valence-corrected chi connectivity index (χ4v) is 4.79. The molecule has 3 aromatic carbocycles. The van der Waals surface area contributed by atoms with E-state index in [-0.39, 0.29) is 20.1 Å². The first-order valence-corrected chi connectivity index (χ1v) is 9.15. The van der Waals surface area contributed by atoms with Gasteiger partial charge in [0.25, 0.3) is 0 Å². The van der Waals surface area contributed by atoms with E-state index in [0.29, 0.717) is 0 Å². The largest absolute Gasteiger partial charge is 0.295 e. The van der Waals surface area contributed by atoms with Crippen LogP contribution in [0.25, 0.3) is 53.8 Å². The molecule has 0 saturated heterocycles. The first kappa shape index (κ1) is 15.9. The third-order valence-electron chi connectivity index (χ3n) is 4.92. The second kappa shape index (κ2) is 5.85. The minimum atomic E-state index is 0. The maximum atomic E-state index is 4.96. The predicted molar refractivity (Wildman–Crippen MR) is 106 cm³/mol. The summed E-state index contributed by atoms with van der Waals surface area (Å²) in [6, 6.07) is 29.2. The molecule has 1 aliphatic carbocycles. The van der Waals surface area contributed by atoms with Crippen LogP contribution in [-0.2, 0) is 20.1 Å². The molecule has 0 N–H and O–H groups in total. The summed E-state index contributed by atoms with van der Waals surface area (Å²) in [5, 5.41) is 2.43. The molecule has 0 unspecified atom stereocenters. The molecule has 0 saturated carbocycles. The van der Waals surface area contributed by atoms with Gasteiger partial charge in [-0.1, -0.05) is 54.6 Å². The van der Waals surface area contributed by atoms with Gasteiger partial charge in [0.15, 0.2) is 0 Å². The quantitative estimate of drug-likeness (QED) is 0.221. The van der Waals surface area contributed by atoms with E-state index in [2.05, 4.69) is 78.9 Å². The SMILES string of the molecule is [Ir].[c-]1c(-c2cc3c4c(cccc4n2)-c2ccccc2-3)sc2ccccc12. The standard InChI is InChI=1S/C23H12NS.Ir/c1-4-11-21-14(6-1)12-22(25-21)20-13-18-16-8-3-2-7-15(16)17-9-5-10-19(24-20)23(17)18;/h1-11,13H;/q-1;. The Morgan fingerprint density at radius 3 is 2.31 bits per heavy atom. The monoisotopic (exact) mass is 527 g/mol. The van der Waals surface area contributed by atoms with E-state index < -0.39 is 0 Å². The molecule has 5 aromatic rings. The first-order chi connectivity index (χ1) is 12.4. The van der Waals surface area contributed by atoms with Gasteiger partial charge < -0.3 is 0 Å². The van der Waals surface area contributed by atoms with Crippen molar-refractivity contribution in [3.05, 3.63) is 78.9 Å². The van der Waals surface area contributed by atoms with Crippen LogP contribution >= 0.6 is 11.3 Å². The zero-order chi connectivity index (χ0) is 16.4. The Balaban J connectivity index is 0.00000150. The van der Waals surface area contributed by atoms with Gasteiger partial charge >= 0.3 is 0 Å². The van der Waals surface area contributed by atoms with Gasteiger partial charge in [-0.05, 0) is 37.9 Å². The van der Waals surface area contributed by atoms with Gasteiger partial charge in [0.2, 0.25) is 0 Å². The van der Waals surface area contributed by atoms with Gasteiger partial charge in [-0.3, -0.25) is 4.98 Å². The molecule has 0 atom stereocenters. The number of rotatable bonds is 1. The Bertz CT molecular complexity index is 1270. The van der Waals surface area contributed by atoms with Gasteiger partial charge in [0.05, 0.1) is 5.52 Å². The summed E-state index contributed by atoms with van der Waals surface area (Å²) in [6.07, 6.45) is 0. The molecule has 3 heteroatoms. The number of hydrogen-bond donors (Lipinski definition) is 0. The molecule has 0 spiro atoms. The van der Waals surface area contributed by atoms with Crippen LogP contribution < -0.4 is 0 Å². The maximum absolute atomic E-state index is 4.96. The number of benzene rings is 3. The van der Waals surface area contributed by atoms with E-state index in [1.54, 1.807) is 11.3 Å². The number of thiophene rings is 1. The summed E-state index contributed by atoms with van der Waals surface area (Å²) >= 11 is 1.76. The Hall–Kier alpha value is -2.32. The van der Waals surface area contributed by atoms with Crippen molar-refractivity contribution in [2.75, 3.05) is 0 Å². The Labute approximate surface area is 168 Å². The molecule has 0 bridgehead atoms. The van der Waals surface area contributed by atoms with Crippen molar-refractivity contribution < 1.29 is 20.1 Å². The van der Waals surface area contributed by atoms with Crippen molar-refractivity contribution in [2.24, 2.45) is 0 Å². The van der Waals surface area contributed by atoms with E-state index in [0.717, 1.165) is 21.5 Å². The number of aromatic nitrogens is 1. The average Bonchev–Trinajstić information content (AvgIpc) is 3.23. The van der Waals surface area contributed by atoms with Crippen LogP contribution in [-0.4, -0.2) is 4.98 Å². The van der Waals surface area contributed by atoms with Gasteiger partial charge in [0, 0.05) is 31.2 Å². The Kier molecular flexibility index (Phi) is 3.58. The predicted octanol–water partition coefficient (Wildman–Crippen LogP) is 6.56. The molecule has 2 aromatic heterocycles. The number of fused-ring (bicyclic) bond motifs is 4.